The first-order chi connectivity index (χ1) is 8.97. The van der Waals surface area contributed by atoms with Gasteiger partial charge < -0.3 is 9.47 Å². The van der Waals surface area contributed by atoms with E-state index < -0.39 is 12.6 Å². The third kappa shape index (κ3) is 4.95. The van der Waals surface area contributed by atoms with Gasteiger partial charge in [0.25, 0.3) is 0 Å². The number of hydrogen-bond donors (Lipinski definition) is 0. The molecule has 0 spiro atoms. The van der Waals surface area contributed by atoms with Crippen molar-refractivity contribution in [3.05, 3.63) is 28.3 Å². The van der Waals surface area contributed by atoms with Gasteiger partial charge in [-0.2, -0.15) is 8.78 Å². The molecule has 0 heterocycles. The molecule has 0 saturated carbocycles. The molecule has 0 unspecified atom stereocenters. The molecule has 0 amide bonds. The third-order valence-corrected chi connectivity index (χ3v) is 3.20. The maximum absolute atomic E-state index is 12.1. The summed E-state index contributed by atoms with van der Waals surface area (Å²) in [6.07, 6.45) is -0.0113. The lowest BCUT2D eigenvalue weighted by Crippen LogP contribution is -2.10. The largest absolute Gasteiger partial charge is 0.466 e. The molecule has 1 aromatic rings. The molecule has 0 aromatic heterocycles. The predicted molar refractivity (Wildman–Crippen MR) is 71.1 cm³/mol. The van der Waals surface area contributed by atoms with Crippen LogP contribution in [0.2, 0.25) is 5.02 Å². The van der Waals surface area contributed by atoms with Crippen molar-refractivity contribution in [2.75, 3.05) is 6.61 Å². The maximum atomic E-state index is 12.1. The summed E-state index contributed by atoms with van der Waals surface area (Å²) < 4.78 is 33.4. The minimum absolute atomic E-state index is 0.0113. The SMILES string of the molecule is CCOC(=O)Cc1c(Cl)cc(OC(F)F)cc1CBr. The first-order valence-electron chi connectivity index (χ1n) is 5.45. The number of carbonyl (C=O) groups is 1. The molecule has 0 aliphatic heterocycles. The average Bonchev–Trinajstić information content (AvgIpc) is 2.31. The fourth-order valence-electron chi connectivity index (χ4n) is 1.51. The quantitative estimate of drug-likeness (QED) is 0.571. The van der Waals surface area contributed by atoms with Crippen LogP contribution in [0.1, 0.15) is 18.1 Å². The fraction of sp³-hybridized carbons (Fsp3) is 0.417. The van der Waals surface area contributed by atoms with Crippen LogP contribution in [-0.2, 0) is 21.3 Å². The minimum atomic E-state index is -2.92. The van der Waals surface area contributed by atoms with Crippen molar-refractivity contribution in [1.29, 1.82) is 0 Å². The second kappa shape index (κ2) is 7.65. The molecule has 0 radical (unpaired) electrons. The second-order valence-electron chi connectivity index (χ2n) is 3.54. The van der Waals surface area contributed by atoms with Crippen LogP contribution in [0.4, 0.5) is 8.78 Å². The van der Waals surface area contributed by atoms with E-state index in [4.69, 9.17) is 16.3 Å². The lowest BCUT2D eigenvalue weighted by Gasteiger charge is -2.12. The van der Waals surface area contributed by atoms with E-state index in [0.29, 0.717) is 16.5 Å². The highest BCUT2D eigenvalue weighted by Gasteiger charge is 2.15. The summed E-state index contributed by atoms with van der Waals surface area (Å²) in [6.45, 7) is -0.952. The Hall–Kier alpha value is -0.880. The van der Waals surface area contributed by atoms with Gasteiger partial charge in [0.05, 0.1) is 13.0 Å². The molecule has 19 heavy (non-hydrogen) atoms. The van der Waals surface area contributed by atoms with Gasteiger partial charge in [-0.1, -0.05) is 27.5 Å². The second-order valence-corrected chi connectivity index (χ2v) is 4.50. The van der Waals surface area contributed by atoms with Crippen molar-refractivity contribution in [3.8, 4) is 5.75 Å². The first-order valence-corrected chi connectivity index (χ1v) is 6.95. The predicted octanol–water partition coefficient (Wildman–Crippen LogP) is 3.94. The highest BCUT2D eigenvalue weighted by molar-refractivity contribution is 9.08. The van der Waals surface area contributed by atoms with E-state index in [0.717, 1.165) is 0 Å². The Labute approximate surface area is 123 Å². The van der Waals surface area contributed by atoms with Gasteiger partial charge in [0.2, 0.25) is 0 Å². The van der Waals surface area contributed by atoms with Crippen LogP contribution >= 0.6 is 27.5 Å². The Morgan fingerprint density at radius 1 is 1.47 bits per heavy atom. The molecular formula is C12H12BrClF2O3. The monoisotopic (exact) mass is 356 g/mol. The van der Waals surface area contributed by atoms with E-state index in [1.54, 1.807) is 6.92 Å². The standard InChI is InChI=1S/C12H12BrClF2O3/c1-2-18-11(17)5-9-7(6-13)3-8(4-10(9)14)19-12(15)16/h3-4,12H,2,5-6H2,1H3. The van der Waals surface area contributed by atoms with Crippen LogP contribution in [0, 0.1) is 0 Å². The van der Waals surface area contributed by atoms with Crippen LogP contribution in [0.3, 0.4) is 0 Å². The van der Waals surface area contributed by atoms with Crippen molar-refractivity contribution in [2.24, 2.45) is 0 Å². The molecule has 0 saturated heterocycles. The van der Waals surface area contributed by atoms with Crippen molar-refractivity contribution in [1.82, 2.24) is 0 Å². The number of hydrogen-bond acceptors (Lipinski definition) is 3. The number of esters is 1. The van der Waals surface area contributed by atoms with E-state index in [2.05, 4.69) is 20.7 Å². The van der Waals surface area contributed by atoms with Crippen LogP contribution in [0.25, 0.3) is 0 Å². The zero-order valence-electron chi connectivity index (χ0n) is 10.1. The van der Waals surface area contributed by atoms with Crippen LogP contribution < -0.4 is 4.74 Å². The highest BCUT2D eigenvalue weighted by Crippen LogP contribution is 2.29. The molecule has 1 aromatic carbocycles. The average molecular weight is 358 g/mol. The van der Waals surface area contributed by atoms with Gasteiger partial charge in [0.15, 0.2) is 0 Å². The molecule has 7 heteroatoms. The van der Waals surface area contributed by atoms with Gasteiger partial charge in [-0.05, 0) is 30.2 Å². The third-order valence-electron chi connectivity index (χ3n) is 2.26. The van der Waals surface area contributed by atoms with E-state index >= 15 is 0 Å². The highest BCUT2D eigenvalue weighted by atomic mass is 79.9. The van der Waals surface area contributed by atoms with Gasteiger partial charge in [-0.15, -0.1) is 0 Å². The van der Waals surface area contributed by atoms with Crippen LogP contribution in [0.5, 0.6) is 5.75 Å². The number of ether oxygens (including phenoxy) is 2. The molecule has 106 valence electrons. The summed E-state index contributed by atoms with van der Waals surface area (Å²) in [4.78, 5) is 11.4. The Kier molecular flexibility index (Phi) is 6.51. The molecule has 0 bridgehead atoms. The van der Waals surface area contributed by atoms with Crippen LogP contribution in [0.15, 0.2) is 12.1 Å². The van der Waals surface area contributed by atoms with Crippen molar-refractivity contribution in [3.63, 3.8) is 0 Å². The van der Waals surface area contributed by atoms with E-state index in [1.807, 2.05) is 0 Å². The zero-order valence-corrected chi connectivity index (χ0v) is 12.4. The van der Waals surface area contributed by atoms with Gasteiger partial charge >= 0.3 is 12.6 Å². The summed E-state index contributed by atoms with van der Waals surface area (Å²) in [5.74, 6) is -0.462. The first kappa shape index (κ1) is 16.2. The molecule has 0 aliphatic rings. The molecular weight excluding hydrogens is 345 g/mol. The maximum Gasteiger partial charge on any atom is 0.387 e. The van der Waals surface area contributed by atoms with Gasteiger partial charge in [-0.3, -0.25) is 4.79 Å². The molecule has 0 atom stereocenters. The number of carbonyl (C=O) groups excluding carboxylic acids is 1. The smallest absolute Gasteiger partial charge is 0.387 e. The van der Waals surface area contributed by atoms with Gasteiger partial charge in [-0.25, -0.2) is 0 Å². The number of benzene rings is 1. The van der Waals surface area contributed by atoms with Crippen molar-refractivity contribution >= 4 is 33.5 Å². The van der Waals surface area contributed by atoms with Crippen LogP contribution in [-0.4, -0.2) is 19.2 Å². The molecule has 0 N–H and O–H groups in total. The van der Waals surface area contributed by atoms with Gasteiger partial charge in [0, 0.05) is 10.4 Å². The number of rotatable bonds is 6. The summed E-state index contributed by atoms with van der Waals surface area (Å²) >= 11 is 9.21. The van der Waals surface area contributed by atoms with Crippen molar-refractivity contribution in [2.45, 2.75) is 25.3 Å². The van der Waals surface area contributed by atoms with E-state index in [1.165, 1.54) is 12.1 Å². The topological polar surface area (TPSA) is 35.5 Å². The fourth-order valence-corrected chi connectivity index (χ4v) is 2.31. The lowest BCUT2D eigenvalue weighted by atomic mass is 10.1. The summed E-state index contributed by atoms with van der Waals surface area (Å²) in [5, 5.41) is 0.558. The summed E-state index contributed by atoms with van der Waals surface area (Å²) in [7, 11) is 0. The van der Waals surface area contributed by atoms with E-state index in [9.17, 15) is 13.6 Å². The summed E-state index contributed by atoms with van der Waals surface area (Å²) in [6, 6.07) is 2.68. The Morgan fingerprint density at radius 2 is 2.16 bits per heavy atom. The number of halogens is 4. The van der Waals surface area contributed by atoms with Crippen molar-refractivity contribution < 1.29 is 23.0 Å². The molecule has 1 rings (SSSR count). The molecule has 0 fully saturated rings. The van der Waals surface area contributed by atoms with Gasteiger partial charge in [0.1, 0.15) is 5.75 Å². The Balaban J connectivity index is 3.01. The minimum Gasteiger partial charge on any atom is -0.466 e. The Morgan fingerprint density at radius 3 is 2.68 bits per heavy atom. The molecule has 3 nitrogen and oxygen atoms in total. The molecule has 0 aliphatic carbocycles. The normalized spacial score (nSPS) is 10.6. The number of alkyl halides is 3. The Bertz CT molecular complexity index is 455. The summed E-state index contributed by atoms with van der Waals surface area (Å²) in [5.41, 5.74) is 1.15. The lowest BCUT2D eigenvalue weighted by molar-refractivity contribution is -0.142. The van der Waals surface area contributed by atoms with E-state index in [-0.39, 0.29) is 23.8 Å². The zero-order chi connectivity index (χ0) is 14.4.